The molecule has 1 nitrogen and oxygen atoms in total. The third-order valence-electron chi connectivity index (χ3n) is 1.83. The van der Waals surface area contributed by atoms with Gasteiger partial charge < -0.3 is 5.11 Å². The van der Waals surface area contributed by atoms with Crippen LogP contribution in [0.2, 0.25) is 0 Å². The Bertz CT molecular complexity index is 371. The summed E-state index contributed by atoms with van der Waals surface area (Å²) in [5, 5.41) is 8.16. The van der Waals surface area contributed by atoms with Crippen molar-refractivity contribution >= 4 is 11.6 Å². The highest BCUT2D eigenvalue weighted by Crippen LogP contribution is 1.94. The third-order valence-corrected chi connectivity index (χ3v) is 1.98. The molecule has 2 heteroatoms. The summed E-state index contributed by atoms with van der Waals surface area (Å²) >= 11 is 5.32. The molecule has 0 fully saturated rings. The van der Waals surface area contributed by atoms with Crippen LogP contribution < -0.4 is 0 Å². The number of alkyl halides is 1. The van der Waals surface area contributed by atoms with Crippen LogP contribution in [0.15, 0.2) is 34.9 Å². The molecular formula is C21H35ClO. The number of aliphatic hydroxyl groups excluding tert-OH is 1. The second-order valence-electron chi connectivity index (χ2n) is 5.21. The van der Waals surface area contributed by atoms with E-state index in [1.807, 2.05) is 33.8 Å². The van der Waals surface area contributed by atoms with Gasteiger partial charge in [-0.25, -0.2) is 0 Å². The van der Waals surface area contributed by atoms with Crippen LogP contribution in [0.1, 0.15) is 61.3 Å². The van der Waals surface area contributed by atoms with Crippen LogP contribution in [0.5, 0.6) is 0 Å². The molecule has 0 atom stereocenters. The summed E-state index contributed by atoms with van der Waals surface area (Å²) in [4.78, 5) is 0. The van der Waals surface area contributed by atoms with Crippen LogP contribution in [0.4, 0.5) is 0 Å². The predicted molar refractivity (Wildman–Crippen MR) is 109 cm³/mol. The molecule has 0 aliphatic heterocycles. The molecule has 0 saturated heterocycles. The van der Waals surface area contributed by atoms with Crippen molar-refractivity contribution < 1.29 is 5.11 Å². The largest absolute Gasteiger partial charge is 0.392 e. The highest BCUT2D eigenvalue weighted by Gasteiger charge is 1.75. The van der Waals surface area contributed by atoms with E-state index in [1.165, 1.54) is 11.1 Å². The average molecular weight is 339 g/mol. The van der Waals surface area contributed by atoms with Crippen LogP contribution in [-0.2, 0) is 0 Å². The minimum Gasteiger partial charge on any atom is -0.392 e. The van der Waals surface area contributed by atoms with Gasteiger partial charge in [0.2, 0.25) is 0 Å². The van der Waals surface area contributed by atoms with E-state index in [0.717, 1.165) is 18.4 Å². The molecule has 0 aromatic rings. The van der Waals surface area contributed by atoms with Crippen LogP contribution in [0.25, 0.3) is 0 Å². The zero-order valence-corrected chi connectivity index (χ0v) is 16.8. The maximum Gasteiger partial charge on any atom is 0.0614 e. The van der Waals surface area contributed by atoms with E-state index in [-0.39, 0.29) is 6.61 Å². The lowest BCUT2D eigenvalue weighted by atomic mass is 10.2. The Morgan fingerprint density at radius 3 is 1.43 bits per heavy atom. The van der Waals surface area contributed by atoms with Gasteiger partial charge in [-0.2, -0.15) is 0 Å². The molecule has 0 spiro atoms. The summed E-state index contributed by atoms with van der Waals surface area (Å²) < 4.78 is 0. The van der Waals surface area contributed by atoms with Gasteiger partial charge in [0.15, 0.2) is 0 Å². The zero-order chi connectivity index (χ0) is 19.1. The van der Waals surface area contributed by atoms with Gasteiger partial charge in [0.05, 0.1) is 6.61 Å². The van der Waals surface area contributed by atoms with Crippen molar-refractivity contribution in [3.63, 3.8) is 0 Å². The standard InChI is InChI=1S/C8H12.C5H9Cl.C5H10O.C3H4/c1-4-5-6-7-8(2)3;2*1-5(2)3-4-6;1-3-2/h1,7H,5-6H2,2-3H3;3H,4H2,1-2H3;3,6H,4H2,1-2H3;1H,2H3. The van der Waals surface area contributed by atoms with Gasteiger partial charge in [0.1, 0.15) is 0 Å². The molecule has 23 heavy (non-hydrogen) atoms. The molecule has 0 aliphatic rings. The first-order valence-electron chi connectivity index (χ1n) is 7.61. The first-order chi connectivity index (χ1) is 10.7. The van der Waals surface area contributed by atoms with Crippen molar-refractivity contribution in [2.45, 2.75) is 61.3 Å². The van der Waals surface area contributed by atoms with Gasteiger partial charge in [-0.3, -0.25) is 0 Å². The first-order valence-corrected chi connectivity index (χ1v) is 8.14. The number of hydrogen-bond acceptors (Lipinski definition) is 1. The van der Waals surface area contributed by atoms with Gasteiger partial charge in [0.25, 0.3) is 0 Å². The number of halogens is 1. The van der Waals surface area contributed by atoms with Gasteiger partial charge in [0, 0.05) is 12.3 Å². The van der Waals surface area contributed by atoms with Crippen molar-refractivity contribution in [3.8, 4) is 24.7 Å². The summed E-state index contributed by atoms with van der Waals surface area (Å²) in [7, 11) is 0. The van der Waals surface area contributed by atoms with Crippen molar-refractivity contribution in [2.75, 3.05) is 12.5 Å². The van der Waals surface area contributed by atoms with E-state index in [1.54, 1.807) is 13.0 Å². The molecule has 0 saturated carbocycles. The molecule has 0 heterocycles. The Balaban J connectivity index is -0.000000110. The van der Waals surface area contributed by atoms with Crippen molar-refractivity contribution in [2.24, 2.45) is 0 Å². The number of unbranched alkanes of at least 4 members (excludes halogenated alkanes) is 1. The number of aliphatic hydroxyl groups is 1. The molecule has 1 N–H and O–H groups in total. The molecule has 132 valence electrons. The monoisotopic (exact) mass is 338 g/mol. The lowest BCUT2D eigenvalue weighted by Gasteiger charge is -1.85. The molecular weight excluding hydrogens is 304 g/mol. The molecule has 0 aromatic heterocycles. The Hall–Kier alpha value is -1.41. The molecule has 0 unspecified atom stereocenters. The summed E-state index contributed by atoms with van der Waals surface area (Å²) in [6, 6.07) is 0. The predicted octanol–water partition coefficient (Wildman–Crippen LogP) is 6.14. The highest BCUT2D eigenvalue weighted by molar-refractivity contribution is 6.18. The highest BCUT2D eigenvalue weighted by atomic mass is 35.5. The Labute approximate surface area is 150 Å². The van der Waals surface area contributed by atoms with Crippen molar-refractivity contribution in [1.82, 2.24) is 0 Å². The Morgan fingerprint density at radius 2 is 1.30 bits per heavy atom. The lowest BCUT2D eigenvalue weighted by molar-refractivity contribution is 0.342. The average Bonchev–Trinajstić information content (AvgIpc) is 2.40. The first kappa shape index (κ1) is 29.6. The minimum atomic E-state index is 0.169. The molecule has 0 rings (SSSR count). The van der Waals surface area contributed by atoms with Gasteiger partial charge in [-0.15, -0.1) is 36.3 Å². The van der Waals surface area contributed by atoms with E-state index in [0.29, 0.717) is 5.88 Å². The lowest BCUT2D eigenvalue weighted by Crippen LogP contribution is -1.71. The SMILES string of the molecule is C#CC.C#CCCC=C(C)C.CC(C)=CCCl.CC(C)=CCO. The van der Waals surface area contributed by atoms with E-state index in [4.69, 9.17) is 23.1 Å². The summed E-state index contributed by atoms with van der Waals surface area (Å²) in [5.41, 5.74) is 3.79. The second kappa shape index (κ2) is 28.7. The van der Waals surface area contributed by atoms with Gasteiger partial charge >= 0.3 is 0 Å². The molecule has 0 amide bonds. The van der Waals surface area contributed by atoms with Crippen molar-refractivity contribution in [1.29, 1.82) is 0 Å². The van der Waals surface area contributed by atoms with E-state index >= 15 is 0 Å². The normalized spacial score (nSPS) is 7.09. The number of terminal acetylenes is 2. The minimum absolute atomic E-state index is 0.169. The maximum atomic E-state index is 8.16. The number of allylic oxidation sites excluding steroid dienone is 5. The maximum absolute atomic E-state index is 8.16. The zero-order valence-electron chi connectivity index (χ0n) is 16.0. The van der Waals surface area contributed by atoms with Crippen LogP contribution in [0, 0.1) is 24.7 Å². The molecule has 0 radical (unpaired) electrons. The summed E-state index contributed by atoms with van der Waals surface area (Å²) in [5.74, 6) is 5.47. The van der Waals surface area contributed by atoms with Crippen molar-refractivity contribution in [3.05, 3.63) is 34.9 Å². The molecule has 0 aliphatic carbocycles. The number of hydrogen-bond donors (Lipinski definition) is 1. The summed E-state index contributed by atoms with van der Waals surface area (Å²) in [6.45, 7) is 14.0. The quantitative estimate of drug-likeness (QED) is 0.282. The van der Waals surface area contributed by atoms with E-state index < -0.39 is 0 Å². The Morgan fingerprint density at radius 1 is 0.913 bits per heavy atom. The van der Waals surface area contributed by atoms with E-state index in [9.17, 15) is 0 Å². The molecule has 0 aromatic carbocycles. The topological polar surface area (TPSA) is 20.2 Å². The van der Waals surface area contributed by atoms with Gasteiger partial charge in [-0.05, 0) is 54.9 Å². The smallest absolute Gasteiger partial charge is 0.0614 e. The van der Waals surface area contributed by atoms with Crippen LogP contribution in [0.3, 0.4) is 0 Å². The fourth-order valence-electron chi connectivity index (χ4n) is 0.781. The van der Waals surface area contributed by atoms with Crippen LogP contribution >= 0.6 is 11.6 Å². The van der Waals surface area contributed by atoms with Crippen LogP contribution in [-0.4, -0.2) is 17.6 Å². The second-order valence-corrected chi connectivity index (χ2v) is 5.52. The van der Waals surface area contributed by atoms with E-state index in [2.05, 4.69) is 38.2 Å². The fourth-order valence-corrected chi connectivity index (χ4v) is 1.09. The fraction of sp³-hybridized carbons (Fsp3) is 0.524. The Kier molecular flexibility index (Phi) is 36.9. The molecule has 0 bridgehead atoms. The number of rotatable bonds is 4. The summed E-state index contributed by atoms with van der Waals surface area (Å²) in [6.07, 6.45) is 17.4. The van der Waals surface area contributed by atoms with Gasteiger partial charge in [-0.1, -0.05) is 34.9 Å². The third kappa shape index (κ3) is 77.4.